The van der Waals surface area contributed by atoms with Gasteiger partial charge in [-0.3, -0.25) is 4.79 Å². The predicted octanol–water partition coefficient (Wildman–Crippen LogP) is 2.38. The predicted molar refractivity (Wildman–Crippen MR) is 91.6 cm³/mol. The van der Waals surface area contributed by atoms with Crippen LogP contribution in [0, 0.1) is 5.92 Å². The number of hydrogen-bond donors (Lipinski definition) is 1. The van der Waals surface area contributed by atoms with Gasteiger partial charge in [-0.05, 0) is 24.0 Å². The summed E-state index contributed by atoms with van der Waals surface area (Å²) in [4.78, 5) is 28.1. The Labute approximate surface area is 144 Å². The summed E-state index contributed by atoms with van der Waals surface area (Å²) in [6.07, 6.45) is 2.08. The summed E-state index contributed by atoms with van der Waals surface area (Å²) in [5.41, 5.74) is 1.38. The number of carboxylic acids is 1. The quantitative estimate of drug-likeness (QED) is 0.916. The highest BCUT2D eigenvalue weighted by Crippen LogP contribution is 2.40. The molecule has 0 radical (unpaired) electrons. The van der Waals surface area contributed by atoms with E-state index >= 15 is 0 Å². The molecule has 0 fully saturated rings. The molecule has 0 unspecified atom stereocenters. The average molecular weight is 344 g/mol. The molecular weight excluding hydrogens is 324 g/mol. The first-order valence-corrected chi connectivity index (χ1v) is 7.99. The van der Waals surface area contributed by atoms with Gasteiger partial charge in [0.05, 0.1) is 25.6 Å². The minimum Gasteiger partial charge on any atom is -0.491 e. The number of methoxy groups -OCH3 is 2. The molecule has 1 aliphatic rings. The first-order chi connectivity index (χ1) is 11.9. The fourth-order valence-corrected chi connectivity index (χ4v) is 3.24. The molecule has 0 amide bonds. The van der Waals surface area contributed by atoms with Crippen LogP contribution in [0.2, 0.25) is 0 Å². The summed E-state index contributed by atoms with van der Waals surface area (Å²) in [6, 6.07) is 3.23. The molecule has 2 aromatic rings. The van der Waals surface area contributed by atoms with Gasteiger partial charge in [0.2, 0.25) is 0 Å². The number of aromatic nitrogens is 2. The van der Waals surface area contributed by atoms with Crippen molar-refractivity contribution in [1.82, 2.24) is 9.55 Å². The van der Waals surface area contributed by atoms with E-state index in [-0.39, 0.29) is 17.5 Å². The lowest BCUT2D eigenvalue weighted by molar-refractivity contribution is 0.0694. The molecule has 2 aromatic heterocycles. The van der Waals surface area contributed by atoms with Gasteiger partial charge >= 0.3 is 5.97 Å². The highest BCUT2D eigenvalue weighted by Gasteiger charge is 2.30. The lowest BCUT2D eigenvalue weighted by Gasteiger charge is -2.33. The highest BCUT2D eigenvalue weighted by molar-refractivity contribution is 5.87. The van der Waals surface area contributed by atoms with Crippen molar-refractivity contribution in [2.45, 2.75) is 26.3 Å². The number of rotatable bonds is 4. The van der Waals surface area contributed by atoms with Crippen molar-refractivity contribution in [1.29, 1.82) is 0 Å². The molecule has 0 aliphatic carbocycles. The Morgan fingerprint density at radius 3 is 2.60 bits per heavy atom. The number of fused-ring (bicyclic) bond motifs is 3. The third kappa shape index (κ3) is 2.75. The van der Waals surface area contributed by atoms with Gasteiger partial charge in [-0.1, -0.05) is 13.8 Å². The van der Waals surface area contributed by atoms with Gasteiger partial charge in [-0.15, -0.1) is 0 Å². The normalized spacial score (nSPS) is 15.5. The molecule has 132 valence electrons. The molecule has 3 rings (SSSR count). The monoisotopic (exact) mass is 344 g/mol. The fourth-order valence-electron chi connectivity index (χ4n) is 3.24. The van der Waals surface area contributed by atoms with Crippen LogP contribution in [0.4, 0.5) is 0 Å². The van der Waals surface area contributed by atoms with Crippen LogP contribution in [0.15, 0.2) is 23.1 Å². The van der Waals surface area contributed by atoms with Crippen LogP contribution < -0.4 is 14.9 Å². The minimum atomic E-state index is -1.23. The summed E-state index contributed by atoms with van der Waals surface area (Å²) in [6.45, 7) is 4.12. The molecular formula is C18H20N2O5. The molecule has 1 atom stereocenters. The summed E-state index contributed by atoms with van der Waals surface area (Å²) >= 11 is 0. The number of carboxylic acid groups (broad SMARTS) is 1. The topological polar surface area (TPSA) is 90.7 Å². The second kappa shape index (κ2) is 6.23. The Bertz CT molecular complexity index is 901. The third-order valence-corrected chi connectivity index (χ3v) is 4.56. The largest absolute Gasteiger partial charge is 0.491 e. The molecule has 3 heterocycles. The second-order valence-corrected chi connectivity index (χ2v) is 6.37. The van der Waals surface area contributed by atoms with Crippen molar-refractivity contribution in [3.05, 3.63) is 39.7 Å². The summed E-state index contributed by atoms with van der Waals surface area (Å²) < 4.78 is 12.4. The number of ether oxygens (including phenoxy) is 2. The van der Waals surface area contributed by atoms with E-state index in [0.29, 0.717) is 29.4 Å². The van der Waals surface area contributed by atoms with E-state index < -0.39 is 11.4 Å². The minimum absolute atomic E-state index is 0.0149. The van der Waals surface area contributed by atoms with E-state index in [0.717, 1.165) is 5.56 Å². The van der Waals surface area contributed by atoms with Crippen LogP contribution in [0.25, 0.3) is 11.4 Å². The van der Waals surface area contributed by atoms with E-state index in [9.17, 15) is 14.7 Å². The van der Waals surface area contributed by atoms with Gasteiger partial charge in [0.15, 0.2) is 11.2 Å². The van der Waals surface area contributed by atoms with Crippen LogP contribution in [-0.2, 0) is 6.42 Å². The maximum absolute atomic E-state index is 12.2. The number of hydrogen-bond acceptors (Lipinski definition) is 5. The molecule has 7 heteroatoms. The van der Waals surface area contributed by atoms with Crippen molar-refractivity contribution < 1.29 is 19.4 Å². The van der Waals surface area contributed by atoms with Gasteiger partial charge in [0, 0.05) is 18.3 Å². The zero-order valence-electron chi connectivity index (χ0n) is 14.6. The molecule has 7 nitrogen and oxygen atoms in total. The summed E-state index contributed by atoms with van der Waals surface area (Å²) in [5, 5.41) is 9.27. The van der Waals surface area contributed by atoms with E-state index in [2.05, 4.69) is 18.8 Å². The summed E-state index contributed by atoms with van der Waals surface area (Å²) in [7, 11) is 3.05. The van der Waals surface area contributed by atoms with Crippen LogP contribution in [0.5, 0.6) is 11.6 Å². The molecule has 0 saturated heterocycles. The summed E-state index contributed by atoms with van der Waals surface area (Å²) in [5.74, 6) is -0.134. The Hall–Kier alpha value is -2.83. The van der Waals surface area contributed by atoms with Gasteiger partial charge in [0.1, 0.15) is 5.56 Å². The molecule has 25 heavy (non-hydrogen) atoms. The van der Waals surface area contributed by atoms with E-state index in [1.54, 1.807) is 7.11 Å². The Balaban J connectivity index is 2.31. The lowest BCUT2D eigenvalue weighted by atomic mass is 9.89. The van der Waals surface area contributed by atoms with Gasteiger partial charge < -0.3 is 19.1 Å². The standard InChI is InChI=1S/C18H20N2O5/c1-9(2)12-5-10-6-15(24-3)17(25-4)19-16(10)13-7-14(21)11(18(22)23)8-20(12)13/h6-9,12H,5H2,1-4H3,(H,22,23)/t12-/m1/s1. The number of pyridine rings is 2. The third-order valence-electron chi connectivity index (χ3n) is 4.56. The van der Waals surface area contributed by atoms with Crippen molar-refractivity contribution in [2.75, 3.05) is 14.2 Å². The molecule has 1 aliphatic heterocycles. The van der Waals surface area contributed by atoms with Crippen LogP contribution in [-0.4, -0.2) is 34.8 Å². The Morgan fingerprint density at radius 1 is 1.32 bits per heavy atom. The fraction of sp³-hybridized carbons (Fsp3) is 0.389. The lowest BCUT2D eigenvalue weighted by Crippen LogP contribution is -2.28. The number of carbonyl (C=O) groups is 1. The van der Waals surface area contributed by atoms with Gasteiger partial charge in [0.25, 0.3) is 5.88 Å². The maximum atomic E-state index is 12.2. The highest BCUT2D eigenvalue weighted by atomic mass is 16.5. The first kappa shape index (κ1) is 17.0. The SMILES string of the molecule is COc1cc2c(nc1OC)-c1cc(=O)c(C(=O)O)cn1[C@@H](C(C)C)C2. The molecule has 0 bridgehead atoms. The van der Waals surface area contributed by atoms with E-state index in [1.807, 2.05) is 10.6 Å². The van der Waals surface area contributed by atoms with Gasteiger partial charge in [-0.2, -0.15) is 0 Å². The van der Waals surface area contributed by atoms with Crippen molar-refractivity contribution in [2.24, 2.45) is 5.92 Å². The zero-order chi connectivity index (χ0) is 18.3. The number of aromatic carboxylic acids is 1. The molecule has 0 aromatic carbocycles. The van der Waals surface area contributed by atoms with Crippen LogP contribution in [0.3, 0.4) is 0 Å². The smallest absolute Gasteiger partial charge is 0.341 e. The zero-order valence-corrected chi connectivity index (χ0v) is 14.6. The average Bonchev–Trinajstić information content (AvgIpc) is 2.58. The Morgan fingerprint density at radius 2 is 2.04 bits per heavy atom. The first-order valence-electron chi connectivity index (χ1n) is 7.99. The maximum Gasteiger partial charge on any atom is 0.341 e. The van der Waals surface area contributed by atoms with Crippen LogP contribution in [0.1, 0.15) is 35.8 Å². The molecule has 1 N–H and O–H groups in total. The van der Waals surface area contributed by atoms with Crippen molar-refractivity contribution in [3.8, 4) is 23.0 Å². The Kier molecular flexibility index (Phi) is 4.24. The van der Waals surface area contributed by atoms with E-state index in [1.165, 1.54) is 19.4 Å². The van der Waals surface area contributed by atoms with Crippen LogP contribution >= 0.6 is 0 Å². The van der Waals surface area contributed by atoms with Crippen molar-refractivity contribution >= 4 is 5.97 Å². The number of nitrogens with zero attached hydrogens (tertiary/aromatic N) is 2. The second-order valence-electron chi connectivity index (χ2n) is 6.37. The molecule has 0 spiro atoms. The molecule has 0 saturated carbocycles. The van der Waals surface area contributed by atoms with Gasteiger partial charge in [-0.25, -0.2) is 9.78 Å². The van der Waals surface area contributed by atoms with Crippen molar-refractivity contribution in [3.63, 3.8) is 0 Å². The van der Waals surface area contributed by atoms with E-state index in [4.69, 9.17) is 9.47 Å².